The van der Waals surface area contributed by atoms with Crippen LogP contribution in [0.1, 0.15) is 19.4 Å². The molecule has 0 aliphatic heterocycles. The summed E-state index contributed by atoms with van der Waals surface area (Å²) in [5.74, 6) is 0.814. The number of aryl methyl sites for hydroxylation is 1. The van der Waals surface area contributed by atoms with E-state index in [-0.39, 0.29) is 0 Å². The minimum absolute atomic E-state index is 0.347. The first-order valence-electron chi connectivity index (χ1n) is 6.25. The third-order valence-corrected chi connectivity index (χ3v) is 2.83. The van der Waals surface area contributed by atoms with Gasteiger partial charge in [0, 0.05) is 6.54 Å². The van der Waals surface area contributed by atoms with Gasteiger partial charge in [0.1, 0.15) is 18.5 Å². The minimum atomic E-state index is -0.434. The molecule has 0 spiro atoms. The van der Waals surface area contributed by atoms with E-state index in [0.717, 1.165) is 18.8 Å². The molecule has 3 heteroatoms. The molecule has 17 heavy (non-hydrogen) atoms. The molecule has 0 heterocycles. The monoisotopic (exact) mass is 237 g/mol. The van der Waals surface area contributed by atoms with Gasteiger partial charge in [0.05, 0.1) is 0 Å². The topological polar surface area (TPSA) is 32.7 Å². The Kier molecular flexibility index (Phi) is 6.01. The maximum atomic E-state index is 9.83. The molecule has 0 aromatic heterocycles. The fraction of sp³-hybridized carbons (Fsp3) is 0.571. The van der Waals surface area contributed by atoms with Crippen molar-refractivity contribution in [3.8, 4) is 5.75 Å². The van der Waals surface area contributed by atoms with Crippen molar-refractivity contribution >= 4 is 0 Å². The zero-order valence-corrected chi connectivity index (χ0v) is 11.0. The van der Waals surface area contributed by atoms with Crippen molar-refractivity contribution < 1.29 is 9.84 Å². The van der Waals surface area contributed by atoms with Crippen LogP contribution in [0.4, 0.5) is 0 Å². The van der Waals surface area contributed by atoms with E-state index in [9.17, 15) is 5.11 Å². The molecule has 0 amide bonds. The predicted octanol–water partition coefficient (Wildman–Crippen LogP) is 2.08. The van der Waals surface area contributed by atoms with Crippen molar-refractivity contribution in [1.29, 1.82) is 0 Å². The van der Waals surface area contributed by atoms with Gasteiger partial charge in [0.2, 0.25) is 0 Å². The fourth-order valence-electron chi connectivity index (χ4n) is 1.66. The molecule has 3 nitrogen and oxygen atoms in total. The molecule has 1 aromatic carbocycles. The maximum absolute atomic E-state index is 9.83. The number of aliphatic hydroxyl groups excluding tert-OH is 1. The zero-order valence-electron chi connectivity index (χ0n) is 11.0. The lowest BCUT2D eigenvalue weighted by Gasteiger charge is -2.21. The second kappa shape index (κ2) is 7.30. The number of nitrogens with zero attached hydrogens (tertiary/aromatic N) is 1. The number of rotatable bonds is 7. The average Bonchev–Trinajstić information content (AvgIpc) is 2.35. The molecule has 0 fully saturated rings. The molecule has 1 aromatic rings. The van der Waals surface area contributed by atoms with Crippen molar-refractivity contribution in [2.45, 2.75) is 26.9 Å². The highest BCUT2D eigenvalue weighted by Gasteiger charge is 2.09. The number of ether oxygens (including phenoxy) is 1. The number of aliphatic hydroxyl groups is 1. The van der Waals surface area contributed by atoms with Crippen molar-refractivity contribution in [2.24, 2.45) is 0 Å². The Morgan fingerprint density at radius 2 is 1.76 bits per heavy atom. The van der Waals surface area contributed by atoms with Gasteiger partial charge in [0.15, 0.2) is 0 Å². The molecular formula is C14H23NO2. The summed E-state index contributed by atoms with van der Waals surface area (Å²) >= 11 is 0. The Bertz CT molecular complexity index is 307. The minimum Gasteiger partial charge on any atom is -0.491 e. The number of benzene rings is 1. The van der Waals surface area contributed by atoms with Crippen LogP contribution in [-0.2, 0) is 0 Å². The molecule has 1 unspecified atom stereocenters. The molecule has 96 valence electrons. The first-order chi connectivity index (χ1) is 8.15. The lowest BCUT2D eigenvalue weighted by molar-refractivity contribution is 0.0716. The number of likely N-dealkylation sites (N-methyl/N-ethyl adjacent to an activating group) is 1. The van der Waals surface area contributed by atoms with Crippen LogP contribution < -0.4 is 4.74 Å². The molecule has 0 bridgehead atoms. The second-order valence-electron chi connectivity index (χ2n) is 4.26. The Morgan fingerprint density at radius 3 is 2.29 bits per heavy atom. The molecule has 1 atom stereocenters. The summed E-state index contributed by atoms with van der Waals surface area (Å²) in [5, 5.41) is 9.83. The van der Waals surface area contributed by atoms with E-state index >= 15 is 0 Å². The van der Waals surface area contributed by atoms with Gasteiger partial charge in [-0.2, -0.15) is 0 Å². The van der Waals surface area contributed by atoms with Gasteiger partial charge in [-0.05, 0) is 32.1 Å². The Labute approximate surface area is 104 Å². The van der Waals surface area contributed by atoms with Crippen LogP contribution in [-0.4, -0.2) is 42.4 Å². The first kappa shape index (κ1) is 14.0. The standard InChI is InChI=1S/C14H23NO2/c1-4-15(5-2)10-13(16)11-17-14-8-6-12(3)7-9-14/h6-9,13,16H,4-5,10-11H2,1-3H3. The predicted molar refractivity (Wildman–Crippen MR) is 70.5 cm³/mol. The smallest absolute Gasteiger partial charge is 0.119 e. The maximum Gasteiger partial charge on any atom is 0.119 e. The van der Waals surface area contributed by atoms with E-state index in [0.29, 0.717) is 13.2 Å². The van der Waals surface area contributed by atoms with Crippen LogP contribution in [0.2, 0.25) is 0 Å². The summed E-state index contributed by atoms with van der Waals surface area (Å²) in [6.07, 6.45) is -0.434. The normalized spacial score (nSPS) is 12.8. The van der Waals surface area contributed by atoms with Crippen LogP contribution in [0.25, 0.3) is 0 Å². The number of hydrogen-bond acceptors (Lipinski definition) is 3. The van der Waals surface area contributed by atoms with Crippen molar-refractivity contribution in [3.05, 3.63) is 29.8 Å². The van der Waals surface area contributed by atoms with E-state index in [1.165, 1.54) is 5.56 Å². The molecular weight excluding hydrogens is 214 g/mol. The Balaban J connectivity index is 2.32. The quantitative estimate of drug-likeness (QED) is 0.788. The largest absolute Gasteiger partial charge is 0.491 e. The number of hydrogen-bond donors (Lipinski definition) is 1. The highest BCUT2D eigenvalue weighted by Crippen LogP contribution is 2.11. The zero-order chi connectivity index (χ0) is 12.7. The van der Waals surface area contributed by atoms with Gasteiger partial charge in [-0.15, -0.1) is 0 Å². The third kappa shape index (κ3) is 5.20. The van der Waals surface area contributed by atoms with Crippen LogP contribution in [0.5, 0.6) is 5.75 Å². The van der Waals surface area contributed by atoms with Crippen molar-refractivity contribution in [3.63, 3.8) is 0 Å². The van der Waals surface area contributed by atoms with E-state index in [2.05, 4.69) is 18.7 Å². The summed E-state index contributed by atoms with van der Waals surface area (Å²) in [4.78, 5) is 2.18. The summed E-state index contributed by atoms with van der Waals surface area (Å²) in [5.41, 5.74) is 1.21. The van der Waals surface area contributed by atoms with E-state index < -0.39 is 6.10 Å². The SMILES string of the molecule is CCN(CC)CC(O)COc1ccc(C)cc1. The second-order valence-corrected chi connectivity index (χ2v) is 4.26. The van der Waals surface area contributed by atoms with Crippen molar-refractivity contribution in [1.82, 2.24) is 4.90 Å². The molecule has 0 aliphatic carbocycles. The third-order valence-electron chi connectivity index (χ3n) is 2.83. The highest BCUT2D eigenvalue weighted by atomic mass is 16.5. The molecule has 0 saturated heterocycles. The van der Waals surface area contributed by atoms with E-state index in [1.807, 2.05) is 31.2 Å². The molecule has 0 radical (unpaired) electrons. The van der Waals surface area contributed by atoms with E-state index in [4.69, 9.17) is 4.74 Å². The van der Waals surface area contributed by atoms with Gasteiger partial charge < -0.3 is 14.7 Å². The summed E-state index contributed by atoms with van der Waals surface area (Å²) in [6.45, 7) is 9.15. The van der Waals surface area contributed by atoms with Gasteiger partial charge in [-0.3, -0.25) is 0 Å². The highest BCUT2D eigenvalue weighted by molar-refractivity contribution is 5.26. The fourth-order valence-corrected chi connectivity index (χ4v) is 1.66. The van der Waals surface area contributed by atoms with Crippen molar-refractivity contribution in [2.75, 3.05) is 26.2 Å². The van der Waals surface area contributed by atoms with Crippen LogP contribution >= 0.6 is 0 Å². The lowest BCUT2D eigenvalue weighted by Crippen LogP contribution is -2.35. The van der Waals surface area contributed by atoms with E-state index in [1.54, 1.807) is 0 Å². The van der Waals surface area contributed by atoms with Gasteiger partial charge in [-0.25, -0.2) is 0 Å². The van der Waals surface area contributed by atoms with Gasteiger partial charge in [0.25, 0.3) is 0 Å². The molecule has 1 N–H and O–H groups in total. The van der Waals surface area contributed by atoms with Gasteiger partial charge >= 0.3 is 0 Å². The summed E-state index contributed by atoms with van der Waals surface area (Å²) < 4.78 is 5.54. The Hall–Kier alpha value is -1.06. The first-order valence-corrected chi connectivity index (χ1v) is 6.25. The molecule has 0 aliphatic rings. The molecule has 0 saturated carbocycles. The van der Waals surface area contributed by atoms with Crippen LogP contribution in [0, 0.1) is 6.92 Å². The molecule has 1 rings (SSSR count). The van der Waals surface area contributed by atoms with Gasteiger partial charge in [-0.1, -0.05) is 31.5 Å². The van der Waals surface area contributed by atoms with Crippen LogP contribution in [0.15, 0.2) is 24.3 Å². The average molecular weight is 237 g/mol. The lowest BCUT2D eigenvalue weighted by atomic mass is 10.2. The summed E-state index contributed by atoms with van der Waals surface area (Å²) in [6, 6.07) is 7.87. The Morgan fingerprint density at radius 1 is 1.18 bits per heavy atom. The van der Waals surface area contributed by atoms with Crippen LogP contribution in [0.3, 0.4) is 0 Å². The summed E-state index contributed by atoms with van der Waals surface area (Å²) in [7, 11) is 0.